The van der Waals surface area contributed by atoms with Crippen molar-refractivity contribution in [3.8, 4) is 0 Å². The molecule has 1 atom stereocenters. The third kappa shape index (κ3) is 2.99. The van der Waals surface area contributed by atoms with Crippen molar-refractivity contribution in [3.63, 3.8) is 0 Å². The first kappa shape index (κ1) is 13.1. The fourth-order valence-corrected chi connectivity index (χ4v) is 2.52. The molecule has 2 heterocycles. The van der Waals surface area contributed by atoms with E-state index < -0.39 is 0 Å². The summed E-state index contributed by atoms with van der Waals surface area (Å²) in [5.74, 6) is 1.75. The van der Waals surface area contributed by atoms with Gasteiger partial charge in [0.25, 0.3) is 0 Å². The summed E-state index contributed by atoms with van der Waals surface area (Å²) in [6, 6.07) is 9.03. The second-order valence-corrected chi connectivity index (χ2v) is 5.55. The minimum absolute atomic E-state index is 0.489. The maximum atomic E-state index is 4.62. The summed E-state index contributed by atoms with van der Waals surface area (Å²) >= 11 is 0. The number of aromatic amines is 1. The van der Waals surface area contributed by atoms with Crippen LogP contribution in [0.1, 0.15) is 23.9 Å². The predicted octanol–water partition coefficient (Wildman–Crippen LogP) is 1.50. The Balaban J connectivity index is 1.68. The lowest BCUT2D eigenvalue weighted by Crippen LogP contribution is -2.49. The Bertz CT molecular complexity index is 560. The van der Waals surface area contributed by atoms with Gasteiger partial charge in [-0.1, -0.05) is 29.8 Å². The van der Waals surface area contributed by atoms with Gasteiger partial charge in [-0.15, -0.1) is 5.10 Å². The van der Waals surface area contributed by atoms with E-state index in [1.54, 1.807) is 0 Å². The van der Waals surface area contributed by atoms with E-state index in [0.29, 0.717) is 6.04 Å². The van der Waals surface area contributed by atoms with Crippen LogP contribution in [0.5, 0.6) is 0 Å². The summed E-state index contributed by atoms with van der Waals surface area (Å²) in [5.41, 5.74) is 2.54. The molecule has 0 saturated carbocycles. The molecule has 1 fully saturated rings. The minimum atomic E-state index is 0.489. The third-order valence-electron chi connectivity index (χ3n) is 3.66. The van der Waals surface area contributed by atoms with E-state index in [2.05, 4.69) is 63.5 Å². The number of aromatic nitrogens is 3. The molecule has 20 heavy (non-hydrogen) atoms. The largest absolute Gasteiger partial charge is 0.337 e. The first-order chi connectivity index (χ1) is 9.70. The molecule has 0 unspecified atom stereocenters. The molecule has 1 aliphatic heterocycles. The van der Waals surface area contributed by atoms with Crippen LogP contribution >= 0.6 is 0 Å². The number of hydrogen-bond donors (Lipinski definition) is 2. The van der Waals surface area contributed by atoms with Crippen molar-refractivity contribution in [2.24, 2.45) is 0 Å². The van der Waals surface area contributed by atoms with E-state index in [-0.39, 0.29) is 0 Å². The van der Waals surface area contributed by atoms with E-state index in [4.69, 9.17) is 0 Å². The van der Waals surface area contributed by atoms with E-state index in [1.807, 2.05) is 0 Å². The van der Waals surface area contributed by atoms with Gasteiger partial charge in [0.15, 0.2) is 0 Å². The van der Waals surface area contributed by atoms with Crippen LogP contribution in [-0.4, -0.2) is 40.9 Å². The lowest BCUT2D eigenvalue weighted by molar-refractivity contribution is 0.480. The van der Waals surface area contributed by atoms with Crippen molar-refractivity contribution in [1.29, 1.82) is 0 Å². The summed E-state index contributed by atoms with van der Waals surface area (Å²) in [6.45, 7) is 7.20. The molecule has 5 nitrogen and oxygen atoms in total. The molecule has 1 aliphatic rings. The van der Waals surface area contributed by atoms with E-state index in [1.165, 1.54) is 11.1 Å². The fourth-order valence-electron chi connectivity index (χ4n) is 2.52. The van der Waals surface area contributed by atoms with Gasteiger partial charge in [0.05, 0.1) is 0 Å². The smallest absolute Gasteiger partial charge is 0.244 e. The monoisotopic (exact) mass is 271 g/mol. The molecular weight excluding hydrogens is 250 g/mol. The number of H-pyrrole nitrogens is 1. The molecule has 0 bridgehead atoms. The average Bonchev–Trinajstić information content (AvgIpc) is 2.90. The van der Waals surface area contributed by atoms with Crippen LogP contribution < -0.4 is 10.2 Å². The summed E-state index contributed by atoms with van der Waals surface area (Å²) in [5, 5.41) is 10.8. The molecule has 2 N–H and O–H groups in total. The first-order valence-electron chi connectivity index (χ1n) is 7.16. The Morgan fingerprint density at radius 1 is 1.30 bits per heavy atom. The molecule has 0 radical (unpaired) electrons. The molecule has 1 saturated heterocycles. The van der Waals surface area contributed by atoms with Gasteiger partial charge in [-0.05, 0) is 19.4 Å². The molecule has 5 heteroatoms. The summed E-state index contributed by atoms with van der Waals surface area (Å²) in [4.78, 5) is 6.85. The van der Waals surface area contributed by atoms with Crippen molar-refractivity contribution in [3.05, 3.63) is 41.2 Å². The van der Waals surface area contributed by atoms with E-state index >= 15 is 0 Å². The Morgan fingerprint density at radius 3 is 2.85 bits per heavy atom. The number of piperazine rings is 1. The highest BCUT2D eigenvalue weighted by atomic mass is 15.4. The van der Waals surface area contributed by atoms with E-state index in [0.717, 1.165) is 37.8 Å². The van der Waals surface area contributed by atoms with Gasteiger partial charge in [-0.25, -0.2) is 0 Å². The topological polar surface area (TPSA) is 56.8 Å². The molecule has 1 aromatic carbocycles. The number of nitrogens with one attached hydrogen (secondary N) is 2. The van der Waals surface area contributed by atoms with Gasteiger partial charge in [0, 0.05) is 32.1 Å². The number of rotatable bonds is 3. The predicted molar refractivity (Wildman–Crippen MR) is 80.0 cm³/mol. The number of hydrogen-bond acceptors (Lipinski definition) is 4. The summed E-state index contributed by atoms with van der Waals surface area (Å²) in [7, 11) is 0. The number of aryl methyl sites for hydroxylation is 1. The highest BCUT2D eigenvalue weighted by Gasteiger charge is 2.19. The van der Waals surface area contributed by atoms with Gasteiger partial charge in [-0.2, -0.15) is 4.98 Å². The normalized spacial score (nSPS) is 19.3. The van der Waals surface area contributed by atoms with Crippen molar-refractivity contribution < 1.29 is 0 Å². The van der Waals surface area contributed by atoms with Crippen molar-refractivity contribution >= 4 is 5.95 Å². The van der Waals surface area contributed by atoms with Crippen molar-refractivity contribution in [1.82, 2.24) is 20.5 Å². The van der Waals surface area contributed by atoms with Crippen LogP contribution in [-0.2, 0) is 6.42 Å². The molecule has 0 spiro atoms. The molecule has 3 rings (SSSR count). The second-order valence-electron chi connectivity index (χ2n) is 5.55. The highest BCUT2D eigenvalue weighted by molar-refractivity contribution is 5.31. The van der Waals surface area contributed by atoms with Gasteiger partial charge in [0.2, 0.25) is 5.95 Å². The number of anilines is 1. The van der Waals surface area contributed by atoms with Gasteiger partial charge in [0.1, 0.15) is 5.82 Å². The lowest BCUT2D eigenvalue weighted by Gasteiger charge is -2.30. The maximum Gasteiger partial charge on any atom is 0.244 e. The van der Waals surface area contributed by atoms with Crippen LogP contribution in [0.4, 0.5) is 5.95 Å². The molecule has 1 aromatic heterocycles. The Hall–Kier alpha value is -1.88. The second kappa shape index (κ2) is 5.63. The van der Waals surface area contributed by atoms with Gasteiger partial charge in [-0.3, -0.25) is 5.10 Å². The minimum Gasteiger partial charge on any atom is -0.337 e. The quantitative estimate of drug-likeness (QED) is 0.888. The molecule has 106 valence electrons. The zero-order chi connectivity index (χ0) is 13.9. The van der Waals surface area contributed by atoms with Crippen LogP contribution in [0.15, 0.2) is 24.3 Å². The molecular formula is C15H21N5. The van der Waals surface area contributed by atoms with E-state index in [9.17, 15) is 0 Å². The van der Waals surface area contributed by atoms with Crippen LogP contribution in [0.3, 0.4) is 0 Å². The highest BCUT2D eigenvalue weighted by Crippen LogP contribution is 2.13. The van der Waals surface area contributed by atoms with Crippen LogP contribution in [0.25, 0.3) is 0 Å². The molecule has 0 aliphatic carbocycles. The van der Waals surface area contributed by atoms with Crippen LogP contribution in [0, 0.1) is 6.92 Å². The van der Waals surface area contributed by atoms with Gasteiger partial charge < -0.3 is 10.2 Å². The third-order valence-corrected chi connectivity index (χ3v) is 3.66. The summed E-state index contributed by atoms with van der Waals surface area (Å²) < 4.78 is 0. The zero-order valence-corrected chi connectivity index (χ0v) is 12.1. The molecule has 2 aromatic rings. The van der Waals surface area contributed by atoms with Crippen molar-refractivity contribution in [2.75, 3.05) is 24.5 Å². The SMILES string of the molecule is Cc1ccc(Cc2nc(N3CCN[C@H](C)C3)n[nH]2)cc1. The Labute approximate surface area is 119 Å². The van der Waals surface area contributed by atoms with Crippen molar-refractivity contribution in [2.45, 2.75) is 26.3 Å². The Morgan fingerprint density at radius 2 is 2.10 bits per heavy atom. The average molecular weight is 271 g/mol. The van der Waals surface area contributed by atoms with Crippen LogP contribution in [0.2, 0.25) is 0 Å². The first-order valence-corrected chi connectivity index (χ1v) is 7.16. The Kier molecular flexibility index (Phi) is 3.69. The maximum absolute atomic E-state index is 4.62. The lowest BCUT2D eigenvalue weighted by atomic mass is 10.1. The standard InChI is InChI=1S/C15H21N5/c1-11-3-5-13(6-4-11)9-14-17-15(19-18-14)20-8-7-16-12(2)10-20/h3-6,12,16H,7-10H2,1-2H3,(H,17,18,19)/t12-/m1/s1. The number of nitrogens with zero attached hydrogens (tertiary/aromatic N) is 3. The summed E-state index contributed by atoms with van der Waals surface area (Å²) in [6.07, 6.45) is 0.801. The molecule has 0 amide bonds. The zero-order valence-electron chi connectivity index (χ0n) is 12.1. The van der Waals surface area contributed by atoms with Gasteiger partial charge >= 0.3 is 0 Å². The number of benzene rings is 1. The fraction of sp³-hybridized carbons (Fsp3) is 0.467.